The van der Waals surface area contributed by atoms with Gasteiger partial charge in [-0.15, -0.1) is 0 Å². The molecule has 2 heterocycles. The van der Waals surface area contributed by atoms with Crippen molar-refractivity contribution in [3.8, 4) is 0 Å². The lowest BCUT2D eigenvalue weighted by Crippen LogP contribution is -2.65. The van der Waals surface area contributed by atoms with Crippen molar-refractivity contribution in [1.82, 2.24) is 20.9 Å². The topological polar surface area (TPSA) is 125 Å². The number of carbonyl (C=O) groups is 5. The second-order valence-electron chi connectivity index (χ2n) is 9.24. The van der Waals surface area contributed by atoms with Gasteiger partial charge in [0.15, 0.2) is 0 Å². The fourth-order valence-electron chi connectivity index (χ4n) is 4.48. The van der Waals surface area contributed by atoms with Crippen LogP contribution in [0.1, 0.15) is 57.9 Å². The van der Waals surface area contributed by atoms with Crippen molar-refractivity contribution in [2.45, 2.75) is 82.5 Å². The molecule has 0 aromatic heterocycles. The van der Waals surface area contributed by atoms with E-state index in [2.05, 4.69) is 16.0 Å². The molecule has 0 unspecified atom stereocenters. The molecule has 0 spiro atoms. The molecular weight excluding hydrogens is 436 g/mol. The summed E-state index contributed by atoms with van der Waals surface area (Å²) in [6, 6.07) is 6.90. The van der Waals surface area contributed by atoms with Crippen molar-refractivity contribution in [2.75, 3.05) is 6.54 Å². The Kier molecular flexibility index (Phi) is 8.41. The monoisotopic (exact) mass is 470 g/mol. The van der Waals surface area contributed by atoms with Gasteiger partial charge in [-0.2, -0.15) is 0 Å². The molecule has 0 saturated carbocycles. The van der Waals surface area contributed by atoms with Crippen molar-refractivity contribution in [3.63, 3.8) is 0 Å². The zero-order valence-electron chi connectivity index (χ0n) is 19.8. The molecule has 0 radical (unpaired) electrons. The van der Waals surface area contributed by atoms with E-state index in [9.17, 15) is 24.0 Å². The van der Waals surface area contributed by atoms with Gasteiger partial charge in [0, 0.05) is 19.4 Å². The summed E-state index contributed by atoms with van der Waals surface area (Å²) in [5.41, 5.74) is -0.394. The number of hydrogen-bond acceptors (Lipinski definition) is 5. The molecule has 1 aromatic carbocycles. The Morgan fingerprint density at radius 1 is 1.06 bits per heavy atom. The molecule has 0 bridgehead atoms. The molecule has 184 valence electrons. The van der Waals surface area contributed by atoms with Crippen LogP contribution in [0.4, 0.5) is 0 Å². The predicted octanol–water partition coefficient (Wildman–Crippen LogP) is 0.857. The molecule has 3 N–H and O–H groups in total. The fourth-order valence-corrected chi connectivity index (χ4v) is 4.48. The summed E-state index contributed by atoms with van der Waals surface area (Å²) in [7, 11) is 0. The average Bonchev–Trinajstić information content (AvgIpc) is 3.32. The van der Waals surface area contributed by atoms with E-state index in [1.807, 2.05) is 30.3 Å². The Labute approximate surface area is 200 Å². The van der Waals surface area contributed by atoms with E-state index < -0.39 is 35.5 Å². The molecule has 2 saturated heterocycles. The molecule has 9 nitrogen and oxygen atoms in total. The number of aldehydes is 1. The van der Waals surface area contributed by atoms with E-state index in [0.29, 0.717) is 25.8 Å². The van der Waals surface area contributed by atoms with E-state index in [-0.39, 0.29) is 37.5 Å². The van der Waals surface area contributed by atoms with Crippen LogP contribution in [-0.4, -0.2) is 65.0 Å². The Bertz CT molecular complexity index is 921. The number of benzene rings is 1. The minimum Gasteiger partial charge on any atom is -0.343 e. The standard InChI is InChI=1S/C25H34N4O5/c1-3-25(2)24(34)27-19(16-17-10-5-4-6-11-17)23(33)29-14-9-13-20(29)22(32)26-18(21(31)28-25)12-7-8-15-30/h4-6,10-11,15,18-20H,3,7-9,12-14,16H2,1-2H3,(H,26,32)(H,27,34)(H,28,31)/t18-,19-,20+,25+/m0/s1. The largest absolute Gasteiger partial charge is 0.343 e. The second kappa shape index (κ2) is 11.3. The number of rotatable bonds is 7. The van der Waals surface area contributed by atoms with Gasteiger partial charge in [0.1, 0.15) is 30.0 Å². The maximum atomic E-state index is 13.6. The first-order chi connectivity index (χ1) is 16.3. The van der Waals surface area contributed by atoms with Gasteiger partial charge < -0.3 is 25.6 Å². The van der Waals surface area contributed by atoms with Crippen LogP contribution in [0.15, 0.2) is 30.3 Å². The normalized spacial score (nSPS) is 28.2. The van der Waals surface area contributed by atoms with Crippen molar-refractivity contribution in [1.29, 1.82) is 0 Å². The number of nitrogens with one attached hydrogen (secondary N) is 3. The van der Waals surface area contributed by atoms with Gasteiger partial charge in [0.25, 0.3) is 0 Å². The van der Waals surface area contributed by atoms with Gasteiger partial charge in [0.2, 0.25) is 23.6 Å². The third kappa shape index (κ3) is 5.81. The van der Waals surface area contributed by atoms with Crippen LogP contribution in [-0.2, 0) is 30.4 Å². The van der Waals surface area contributed by atoms with Crippen LogP contribution < -0.4 is 16.0 Å². The summed E-state index contributed by atoms with van der Waals surface area (Å²) in [6.45, 7) is 3.79. The van der Waals surface area contributed by atoms with Crippen LogP contribution >= 0.6 is 0 Å². The highest BCUT2D eigenvalue weighted by molar-refractivity contribution is 5.99. The predicted molar refractivity (Wildman–Crippen MR) is 125 cm³/mol. The minimum atomic E-state index is -1.27. The quantitative estimate of drug-likeness (QED) is 0.403. The molecule has 2 fully saturated rings. The van der Waals surface area contributed by atoms with E-state index in [1.165, 1.54) is 4.90 Å². The molecule has 1 aromatic rings. The summed E-state index contributed by atoms with van der Waals surface area (Å²) in [5.74, 6) is -1.62. The van der Waals surface area contributed by atoms with Crippen molar-refractivity contribution in [3.05, 3.63) is 35.9 Å². The molecule has 4 amide bonds. The molecule has 2 aliphatic rings. The molecule has 34 heavy (non-hydrogen) atoms. The summed E-state index contributed by atoms with van der Waals surface area (Å²) < 4.78 is 0. The first-order valence-corrected chi connectivity index (χ1v) is 12.0. The van der Waals surface area contributed by atoms with Gasteiger partial charge in [-0.3, -0.25) is 19.2 Å². The van der Waals surface area contributed by atoms with Gasteiger partial charge in [-0.1, -0.05) is 37.3 Å². The summed E-state index contributed by atoms with van der Waals surface area (Å²) in [5, 5.41) is 8.44. The molecule has 0 aliphatic carbocycles. The minimum absolute atomic E-state index is 0.259. The Hall–Kier alpha value is -3.23. The Morgan fingerprint density at radius 3 is 2.47 bits per heavy atom. The van der Waals surface area contributed by atoms with Gasteiger partial charge in [-0.05, 0) is 44.6 Å². The van der Waals surface area contributed by atoms with Crippen LogP contribution in [0, 0.1) is 0 Å². The first-order valence-electron chi connectivity index (χ1n) is 12.0. The highest BCUT2D eigenvalue weighted by Gasteiger charge is 2.43. The average molecular weight is 471 g/mol. The zero-order chi connectivity index (χ0) is 24.7. The summed E-state index contributed by atoms with van der Waals surface area (Å²) in [4.78, 5) is 65.6. The fraction of sp³-hybridized carbons (Fsp3) is 0.560. The lowest BCUT2D eigenvalue weighted by atomic mass is 9.94. The maximum Gasteiger partial charge on any atom is 0.246 e. The first kappa shape index (κ1) is 25.4. The van der Waals surface area contributed by atoms with E-state index in [4.69, 9.17) is 0 Å². The van der Waals surface area contributed by atoms with Crippen LogP contribution in [0.5, 0.6) is 0 Å². The van der Waals surface area contributed by atoms with Gasteiger partial charge >= 0.3 is 0 Å². The Morgan fingerprint density at radius 2 is 1.79 bits per heavy atom. The number of hydrogen-bond donors (Lipinski definition) is 3. The smallest absolute Gasteiger partial charge is 0.246 e. The number of fused-ring (bicyclic) bond motifs is 1. The molecule has 3 rings (SSSR count). The summed E-state index contributed by atoms with van der Waals surface area (Å²) in [6.07, 6.45) is 3.42. The number of carbonyl (C=O) groups excluding carboxylic acids is 5. The number of unbranched alkanes of at least 4 members (excludes halogenated alkanes) is 1. The van der Waals surface area contributed by atoms with Gasteiger partial charge in [0.05, 0.1) is 0 Å². The Balaban J connectivity index is 1.95. The lowest BCUT2D eigenvalue weighted by molar-refractivity contribution is -0.144. The molecule has 4 atom stereocenters. The van der Waals surface area contributed by atoms with Crippen LogP contribution in [0.2, 0.25) is 0 Å². The zero-order valence-corrected chi connectivity index (χ0v) is 19.8. The van der Waals surface area contributed by atoms with Crippen LogP contribution in [0.3, 0.4) is 0 Å². The molecule has 2 aliphatic heterocycles. The van der Waals surface area contributed by atoms with Crippen molar-refractivity contribution in [2.24, 2.45) is 0 Å². The van der Waals surface area contributed by atoms with E-state index >= 15 is 0 Å². The lowest BCUT2D eigenvalue weighted by Gasteiger charge is -2.35. The third-order valence-corrected chi connectivity index (χ3v) is 6.78. The second-order valence-corrected chi connectivity index (χ2v) is 9.24. The van der Waals surface area contributed by atoms with E-state index in [0.717, 1.165) is 11.8 Å². The highest BCUT2D eigenvalue weighted by Crippen LogP contribution is 2.22. The highest BCUT2D eigenvalue weighted by atomic mass is 16.2. The van der Waals surface area contributed by atoms with Crippen molar-refractivity contribution >= 4 is 29.9 Å². The number of amides is 4. The van der Waals surface area contributed by atoms with Crippen LogP contribution in [0.25, 0.3) is 0 Å². The molecular formula is C25H34N4O5. The SMILES string of the molecule is CC[C@@]1(C)NC(=O)[C@H](CCCC=O)NC(=O)[C@H]2CCCN2C(=O)[C@H](Cc2ccccc2)NC1=O. The van der Waals surface area contributed by atoms with Crippen molar-refractivity contribution < 1.29 is 24.0 Å². The van der Waals surface area contributed by atoms with Gasteiger partial charge in [-0.25, -0.2) is 0 Å². The third-order valence-electron chi connectivity index (χ3n) is 6.78. The maximum absolute atomic E-state index is 13.6. The van der Waals surface area contributed by atoms with E-state index in [1.54, 1.807) is 13.8 Å². The molecule has 9 heteroatoms. The summed E-state index contributed by atoms with van der Waals surface area (Å²) >= 11 is 0. The number of nitrogens with zero attached hydrogens (tertiary/aromatic N) is 1.